The van der Waals surface area contributed by atoms with Gasteiger partial charge in [-0.2, -0.15) is 0 Å². The Morgan fingerprint density at radius 1 is 1.16 bits per heavy atom. The van der Waals surface area contributed by atoms with Crippen molar-refractivity contribution >= 4 is 23.4 Å². The third-order valence-electron chi connectivity index (χ3n) is 7.79. The van der Waals surface area contributed by atoms with Gasteiger partial charge < -0.3 is 45.9 Å². The summed E-state index contributed by atoms with van der Waals surface area (Å²) in [6.07, 6.45) is 6.89. The van der Waals surface area contributed by atoms with Crippen LogP contribution < -0.4 is 16.4 Å². The Bertz CT molecular complexity index is 1300. The average Bonchev–Trinajstić information content (AvgIpc) is 3.78. The maximum absolute atomic E-state index is 13.1. The quantitative estimate of drug-likeness (QED) is 0.160. The number of aliphatic hydroxyl groups is 1. The standard InChI is InChI=1S/C32H45N3O8/c1-17-12-22-27(34-16-21-10-11-21)24(36)15-23(29(22)38)35-31(39)18(2)8-7-9-25(41-5)30(43-32(33)40)20(4)14-19(3)28(37)26(13-17)42-6/h7-9,14-17,19,25-26,28,30,34,36-38H,10-13H2,1-6H3,(H2,33,40)(H,35,39)/t17-,19+,25+,26+,28-,30+/m1/s1. The van der Waals surface area contributed by atoms with Crippen LogP contribution in [0.2, 0.25) is 0 Å². The smallest absolute Gasteiger partial charge is 0.405 e. The van der Waals surface area contributed by atoms with Crippen LogP contribution in [-0.2, 0) is 25.4 Å². The van der Waals surface area contributed by atoms with Gasteiger partial charge in [-0.25, -0.2) is 4.79 Å². The third-order valence-corrected chi connectivity index (χ3v) is 7.79. The number of rotatable bonds is 5. The molecule has 0 unspecified atom stereocenters. The highest BCUT2D eigenvalue weighted by atomic mass is 16.6. The van der Waals surface area contributed by atoms with Crippen LogP contribution in [0.5, 0.6) is 11.5 Å². The molecule has 1 fully saturated rings. The monoisotopic (exact) mass is 599 g/mol. The Morgan fingerprint density at radius 3 is 2.47 bits per heavy atom. The first-order valence-corrected chi connectivity index (χ1v) is 14.4. The molecule has 43 heavy (non-hydrogen) atoms. The van der Waals surface area contributed by atoms with Crippen molar-refractivity contribution in [2.75, 3.05) is 24.9 Å². The number of methoxy groups -OCH3 is 2. The van der Waals surface area contributed by atoms with Crippen LogP contribution in [0.25, 0.3) is 0 Å². The van der Waals surface area contributed by atoms with Gasteiger partial charge in [-0.1, -0.05) is 43.7 Å². The van der Waals surface area contributed by atoms with E-state index in [-0.39, 0.29) is 23.1 Å². The van der Waals surface area contributed by atoms with E-state index < -0.39 is 42.3 Å². The maximum Gasteiger partial charge on any atom is 0.405 e. The third kappa shape index (κ3) is 9.09. The summed E-state index contributed by atoms with van der Waals surface area (Å²) < 4.78 is 16.7. The lowest BCUT2D eigenvalue weighted by atomic mass is 9.87. The van der Waals surface area contributed by atoms with Gasteiger partial charge in [0, 0.05) is 43.5 Å². The summed E-state index contributed by atoms with van der Waals surface area (Å²) in [4.78, 5) is 24.8. The van der Waals surface area contributed by atoms with E-state index in [4.69, 9.17) is 19.9 Å². The molecule has 0 aromatic heterocycles. The molecule has 11 nitrogen and oxygen atoms in total. The maximum atomic E-state index is 13.1. The molecule has 1 aliphatic carbocycles. The molecule has 7 N–H and O–H groups in total. The fraction of sp³-hybridized carbons (Fsp3) is 0.500. The van der Waals surface area contributed by atoms with Crippen molar-refractivity contribution in [3.05, 3.63) is 58.9 Å². The van der Waals surface area contributed by atoms with Gasteiger partial charge in [-0.15, -0.1) is 0 Å². The second-order valence-electron chi connectivity index (χ2n) is 11.4. The molecular formula is C32H45N3O8. The number of carbonyl (C=O) groups is 2. The number of primary amides is 1. The molecule has 2 amide bonds. The summed E-state index contributed by atoms with van der Waals surface area (Å²) in [6.45, 7) is 7.14. The molecular weight excluding hydrogens is 554 g/mol. The average molecular weight is 600 g/mol. The number of nitrogens with one attached hydrogen (secondary N) is 2. The SMILES string of the molecule is CO[C@H]1C=CC=C(C)C(=O)Nc2cc(O)c(NC=C3CC3)c(c2O)C[C@@H](C)C[C@H](OC)[C@H](O)[C@@H](C)C=C(C)[C@@H]1OC(N)=O. The van der Waals surface area contributed by atoms with Crippen LogP contribution in [0.4, 0.5) is 16.2 Å². The molecule has 236 valence electrons. The predicted molar refractivity (Wildman–Crippen MR) is 165 cm³/mol. The van der Waals surface area contributed by atoms with Crippen molar-refractivity contribution in [2.24, 2.45) is 17.6 Å². The van der Waals surface area contributed by atoms with E-state index in [9.17, 15) is 24.9 Å². The second-order valence-corrected chi connectivity index (χ2v) is 11.4. The lowest BCUT2D eigenvalue weighted by Gasteiger charge is -2.29. The largest absolute Gasteiger partial charge is 0.506 e. The van der Waals surface area contributed by atoms with Crippen molar-refractivity contribution < 1.29 is 39.1 Å². The fourth-order valence-corrected chi connectivity index (χ4v) is 5.16. The second kappa shape index (κ2) is 15.1. The van der Waals surface area contributed by atoms with Crippen molar-refractivity contribution in [1.29, 1.82) is 0 Å². The predicted octanol–water partition coefficient (Wildman–Crippen LogP) is 4.65. The van der Waals surface area contributed by atoms with E-state index in [1.54, 1.807) is 38.2 Å². The minimum absolute atomic E-state index is 0.0606. The Labute approximate surface area is 253 Å². The molecule has 1 saturated carbocycles. The van der Waals surface area contributed by atoms with Gasteiger partial charge in [0.2, 0.25) is 0 Å². The summed E-state index contributed by atoms with van der Waals surface area (Å²) in [6, 6.07) is 1.31. The highest BCUT2D eigenvalue weighted by Gasteiger charge is 2.30. The molecule has 0 radical (unpaired) electrons. The number of aliphatic hydroxyl groups excluding tert-OH is 1. The van der Waals surface area contributed by atoms with Crippen LogP contribution in [0.3, 0.4) is 0 Å². The minimum Gasteiger partial charge on any atom is -0.506 e. The molecule has 1 aromatic carbocycles. The van der Waals surface area contributed by atoms with Crippen molar-refractivity contribution in [1.82, 2.24) is 0 Å². The van der Waals surface area contributed by atoms with Gasteiger partial charge >= 0.3 is 6.09 Å². The Hall–Kier alpha value is -3.80. The Morgan fingerprint density at radius 2 is 1.86 bits per heavy atom. The topological polar surface area (TPSA) is 173 Å². The van der Waals surface area contributed by atoms with Crippen molar-refractivity contribution in [3.63, 3.8) is 0 Å². The van der Waals surface area contributed by atoms with Crippen LogP contribution in [0.15, 0.2) is 53.3 Å². The summed E-state index contributed by atoms with van der Waals surface area (Å²) in [7, 11) is 2.97. The van der Waals surface area contributed by atoms with Gasteiger partial charge in [0.25, 0.3) is 5.91 Å². The first-order chi connectivity index (χ1) is 20.4. The van der Waals surface area contributed by atoms with Crippen LogP contribution in [0, 0.1) is 11.8 Å². The van der Waals surface area contributed by atoms with Gasteiger partial charge in [-0.3, -0.25) is 4.79 Å². The normalized spacial score (nSPS) is 27.0. The number of hydrogen-bond acceptors (Lipinski definition) is 9. The van der Waals surface area contributed by atoms with Gasteiger partial charge in [0.05, 0.1) is 23.6 Å². The number of anilines is 2. The first kappa shape index (κ1) is 33.7. The van der Waals surface area contributed by atoms with E-state index in [1.165, 1.54) is 25.9 Å². The van der Waals surface area contributed by atoms with Gasteiger partial charge in [0.15, 0.2) is 6.10 Å². The lowest BCUT2D eigenvalue weighted by molar-refractivity contribution is -0.112. The summed E-state index contributed by atoms with van der Waals surface area (Å²) in [5.41, 5.74) is 8.32. The van der Waals surface area contributed by atoms with E-state index >= 15 is 0 Å². The number of phenolic OH excluding ortho intramolecular Hbond substituents is 2. The highest BCUT2D eigenvalue weighted by Crippen LogP contribution is 2.43. The molecule has 6 atom stereocenters. The molecule has 1 aliphatic heterocycles. The highest BCUT2D eigenvalue weighted by molar-refractivity contribution is 6.05. The molecule has 0 saturated heterocycles. The number of fused-ring (bicyclic) bond motifs is 2. The van der Waals surface area contributed by atoms with E-state index in [0.717, 1.165) is 12.8 Å². The number of phenols is 2. The first-order valence-electron chi connectivity index (χ1n) is 14.4. The Balaban J connectivity index is 2.10. The van der Waals surface area contributed by atoms with E-state index in [0.29, 0.717) is 35.2 Å². The molecule has 11 heteroatoms. The number of carbonyl (C=O) groups excluding carboxylic acids is 2. The summed E-state index contributed by atoms with van der Waals surface area (Å²) in [5.74, 6) is -1.32. The van der Waals surface area contributed by atoms with Crippen LogP contribution in [0.1, 0.15) is 52.5 Å². The van der Waals surface area contributed by atoms with Crippen LogP contribution in [-0.4, -0.2) is 66.0 Å². The molecule has 1 heterocycles. The summed E-state index contributed by atoms with van der Waals surface area (Å²) in [5, 5.41) is 39.4. The van der Waals surface area contributed by atoms with Crippen molar-refractivity contribution in [3.8, 4) is 11.5 Å². The molecule has 1 aromatic rings. The number of amides is 2. The van der Waals surface area contributed by atoms with Gasteiger partial charge in [-0.05, 0) is 51.0 Å². The number of ether oxygens (including phenoxy) is 3. The molecule has 2 bridgehead atoms. The van der Waals surface area contributed by atoms with E-state index in [2.05, 4.69) is 10.6 Å². The minimum atomic E-state index is -0.985. The number of nitrogens with two attached hydrogens (primary N) is 1. The number of allylic oxidation sites excluding steroid dienone is 3. The number of hydrogen-bond donors (Lipinski definition) is 6. The zero-order chi connectivity index (χ0) is 31.8. The Kier molecular flexibility index (Phi) is 11.8. The number of aromatic hydroxyl groups is 2. The molecule has 3 rings (SSSR count). The summed E-state index contributed by atoms with van der Waals surface area (Å²) >= 11 is 0. The zero-order valence-electron chi connectivity index (χ0n) is 25.7. The van der Waals surface area contributed by atoms with Gasteiger partial charge in [0.1, 0.15) is 17.6 Å². The van der Waals surface area contributed by atoms with Crippen LogP contribution >= 0.6 is 0 Å². The van der Waals surface area contributed by atoms with Crippen molar-refractivity contribution in [2.45, 2.75) is 77.8 Å². The fourth-order valence-electron chi connectivity index (χ4n) is 5.16. The molecule has 0 spiro atoms. The van der Waals surface area contributed by atoms with E-state index in [1.807, 2.05) is 20.0 Å². The number of benzene rings is 1. The lowest BCUT2D eigenvalue weighted by Crippen LogP contribution is -2.37. The zero-order valence-corrected chi connectivity index (χ0v) is 25.7. The molecule has 2 aliphatic rings.